The van der Waals surface area contributed by atoms with Crippen LogP contribution >= 0.6 is 43.2 Å². The fourth-order valence-electron chi connectivity index (χ4n) is 5.00. The van der Waals surface area contributed by atoms with Crippen molar-refractivity contribution in [3.05, 3.63) is 127 Å². The van der Waals surface area contributed by atoms with Crippen LogP contribution in [-0.4, -0.2) is 28.2 Å². The lowest BCUT2D eigenvalue weighted by Crippen LogP contribution is -2.40. The van der Waals surface area contributed by atoms with Crippen LogP contribution in [-0.2, 0) is 16.1 Å². The molecule has 0 spiro atoms. The Morgan fingerprint density at radius 2 is 1.87 bits per heavy atom. The van der Waals surface area contributed by atoms with Crippen LogP contribution in [0.2, 0.25) is 0 Å². The number of thiazole rings is 1. The van der Waals surface area contributed by atoms with Crippen LogP contribution in [0.5, 0.6) is 11.5 Å². The second-order valence-corrected chi connectivity index (χ2v) is 13.3. The fraction of sp³-hybridized carbons (Fsp3) is 0.242. The number of benzene rings is 3. The van der Waals surface area contributed by atoms with E-state index in [1.807, 2.05) is 56.3 Å². The highest BCUT2D eigenvalue weighted by Crippen LogP contribution is 2.38. The second-order valence-electron chi connectivity index (χ2n) is 10.5. The first kappa shape index (κ1) is 33.3. The number of rotatable bonds is 10. The van der Waals surface area contributed by atoms with E-state index in [1.54, 1.807) is 32.1 Å². The molecule has 0 aliphatic carbocycles. The summed E-state index contributed by atoms with van der Waals surface area (Å²) in [6, 6.07) is 16.8. The number of nitrogens with zero attached hydrogens (tertiary/aromatic N) is 3. The zero-order valence-electron chi connectivity index (χ0n) is 25.3. The molecule has 46 heavy (non-hydrogen) atoms. The molecule has 4 aromatic rings. The normalized spacial score (nSPS) is 14.6. The molecule has 0 fully saturated rings. The number of allylic oxidation sites excluding steroid dienone is 1. The van der Waals surface area contributed by atoms with Gasteiger partial charge in [0.15, 0.2) is 4.80 Å². The van der Waals surface area contributed by atoms with Crippen LogP contribution in [0.15, 0.2) is 90.7 Å². The number of nitro groups is 1. The van der Waals surface area contributed by atoms with E-state index in [0.29, 0.717) is 31.8 Å². The molecule has 0 radical (unpaired) electrons. The molecule has 238 valence electrons. The number of nitro benzene ring substituents is 1. The Bertz CT molecular complexity index is 2040. The molecule has 1 aliphatic heterocycles. The van der Waals surface area contributed by atoms with Gasteiger partial charge in [0.1, 0.15) is 18.4 Å². The minimum Gasteiger partial charge on any atom is -0.491 e. The Balaban J connectivity index is 1.62. The highest BCUT2D eigenvalue weighted by Gasteiger charge is 2.35. The smallest absolute Gasteiger partial charge is 0.338 e. The van der Waals surface area contributed by atoms with Crippen LogP contribution in [0.4, 0.5) is 5.69 Å². The molecule has 10 nitrogen and oxygen atoms in total. The highest BCUT2D eigenvalue weighted by atomic mass is 79.9. The zero-order chi connectivity index (χ0) is 33.1. The number of carbonyl (C=O) groups excluding carboxylic acids is 1. The van der Waals surface area contributed by atoms with Crippen LogP contribution < -0.4 is 24.4 Å². The first-order valence-electron chi connectivity index (χ1n) is 14.3. The number of carbonyl (C=O) groups is 1. The Kier molecular flexibility index (Phi) is 10.2. The number of ether oxygens (including phenoxy) is 3. The molecular formula is C33H29Br2N3O7S. The Morgan fingerprint density at radius 3 is 2.54 bits per heavy atom. The number of hydrogen-bond acceptors (Lipinski definition) is 9. The largest absolute Gasteiger partial charge is 0.491 e. The third-order valence-electron chi connectivity index (χ3n) is 6.93. The molecule has 1 aliphatic rings. The molecule has 3 aromatic carbocycles. The first-order chi connectivity index (χ1) is 22.0. The number of fused-ring (bicyclic) bond motifs is 1. The van der Waals surface area contributed by atoms with Gasteiger partial charge in [-0.25, -0.2) is 9.79 Å². The quantitative estimate of drug-likeness (QED) is 0.101. The van der Waals surface area contributed by atoms with Crippen molar-refractivity contribution in [2.75, 3.05) is 6.61 Å². The molecule has 0 unspecified atom stereocenters. The first-order valence-corrected chi connectivity index (χ1v) is 16.7. The number of halogens is 2. The van der Waals surface area contributed by atoms with Gasteiger partial charge in [-0.3, -0.25) is 19.5 Å². The topological polar surface area (TPSA) is 122 Å². The monoisotopic (exact) mass is 769 g/mol. The molecule has 0 amide bonds. The molecule has 5 rings (SSSR count). The van der Waals surface area contributed by atoms with E-state index < -0.39 is 22.5 Å². The van der Waals surface area contributed by atoms with E-state index in [2.05, 4.69) is 36.9 Å². The number of hydrogen-bond donors (Lipinski definition) is 0. The lowest BCUT2D eigenvalue weighted by molar-refractivity contribution is -0.386. The highest BCUT2D eigenvalue weighted by molar-refractivity contribution is 9.10. The van der Waals surface area contributed by atoms with Crippen molar-refractivity contribution < 1.29 is 23.9 Å². The van der Waals surface area contributed by atoms with Crippen LogP contribution in [0, 0.1) is 10.1 Å². The molecule has 13 heteroatoms. The van der Waals surface area contributed by atoms with Crippen molar-refractivity contribution in [2.45, 2.75) is 46.4 Å². The molecule has 2 heterocycles. The van der Waals surface area contributed by atoms with E-state index in [4.69, 9.17) is 14.2 Å². The summed E-state index contributed by atoms with van der Waals surface area (Å²) in [6.45, 7) is 7.47. The van der Waals surface area contributed by atoms with Gasteiger partial charge in [0.05, 0.1) is 37.9 Å². The van der Waals surface area contributed by atoms with E-state index in [0.717, 1.165) is 21.4 Å². The zero-order valence-corrected chi connectivity index (χ0v) is 29.3. The Hall–Kier alpha value is -4.07. The third-order valence-corrected chi connectivity index (χ3v) is 9.03. The molecule has 0 bridgehead atoms. The predicted molar refractivity (Wildman–Crippen MR) is 182 cm³/mol. The second kappa shape index (κ2) is 14.1. The maximum absolute atomic E-state index is 14.1. The van der Waals surface area contributed by atoms with E-state index >= 15 is 0 Å². The summed E-state index contributed by atoms with van der Waals surface area (Å²) in [6.07, 6.45) is 1.40. The van der Waals surface area contributed by atoms with Gasteiger partial charge >= 0.3 is 11.7 Å². The van der Waals surface area contributed by atoms with Crippen molar-refractivity contribution in [3.8, 4) is 11.5 Å². The molecule has 0 N–H and O–H groups in total. The lowest BCUT2D eigenvalue weighted by Gasteiger charge is -2.26. The summed E-state index contributed by atoms with van der Waals surface area (Å²) in [5, 5.41) is 12.1. The average molecular weight is 771 g/mol. The SMILES string of the molecule is CCOC(=O)C1=C(C)N=c2s/c(=C\c3cc(Br)c(OCc4ccc(Br)cc4)c([N+](=O)[O-])c3)c(=O)n2[C@H]1c1ccccc1OC(C)C. The number of para-hydroxylation sites is 1. The summed E-state index contributed by atoms with van der Waals surface area (Å²) in [4.78, 5) is 44.0. The summed E-state index contributed by atoms with van der Waals surface area (Å²) >= 11 is 7.94. The predicted octanol–water partition coefficient (Wildman–Crippen LogP) is 6.60. The Labute approximate surface area is 285 Å². The Morgan fingerprint density at radius 1 is 1.15 bits per heavy atom. The van der Waals surface area contributed by atoms with Gasteiger partial charge in [0.25, 0.3) is 5.56 Å². The van der Waals surface area contributed by atoms with Gasteiger partial charge in [-0.1, -0.05) is 57.6 Å². The van der Waals surface area contributed by atoms with E-state index in [-0.39, 0.29) is 40.9 Å². The third kappa shape index (κ3) is 7.01. The minimum atomic E-state index is -0.872. The van der Waals surface area contributed by atoms with Gasteiger partial charge in [0, 0.05) is 16.1 Å². The van der Waals surface area contributed by atoms with Gasteiger partial charge in [-0.2, -0.15) is 0 Å². The number of esters is 1. The molecular weight excluding hydrogens is 742 g/mol. The summed E-state index contributed by atoms with van der Waals surface area (Å²) in [5.74, 6) is 0.00973. The van der Waals surface area contributed by atoms with E-state index in [9.17, 15) is 19.7 Å². The number of aromatic nitrogens is 1. The average Bonchev–Trinajstić information content (AvgIpc) is 3.30. The molecule has 1 atom stereocenters. The van der Waals surface area contributed by atoms with Crippen molar-refractivity contribution in [2.24, 2.45) is 4.99 Å². The van der Waals surface area contributed by atoms with Crippen LogP contribution in [0.3, 0.4) is 0 Å². The molecule has 0 saturated carbocycles. The fourth-order valence-corrected chi connectivity index (χ4v) is 6.89. The van der Waals surface area contributed by atoms with Crippen molar-refractivity contribution in [3.63, 3.8) is 0 Å². The van der Waals surface area contributed by atoms with Gasteiger partial charge in [-0.05, 0) is 85.1 Å². The van der Waals surface area contributed by atoms with Crippen LogP contribution in [0.25, 0.3) is 6.08 Å². The van der Waals surface area contributed by atoms with Gasteiger partial charge < -0.3 is 14.2 Å². The maximum Gasteiger partial charge on any atom is 0.338 e. The summed E-state index contributed by atoms with van der Waals surface area (Å²) in [7, 11) is 0. The summed E-state index contributed by atoms with van der Waals surface area (Å²) < 4.78 is 20.3. The van der Waals surface area contributed by atoms with Crippen molar-refractivity contribution >= 4 is 60.9 Å². The van der Waals surface area contributed by atoms with Gasteiger partial charge in [0.2, 0.25) is 5.75 Å². The van der Waals surface area contributed by atoms with Gasteiger partial charge in [-0.15, -0.1) is 0 Å². The standard InChI is InChI=1S/C33H29Br2N3O7S/c1-5-43-32(40)28-19(4)36-33-37(29(28)23-8-6-7-9-26(23)45-18(2)3)31(39)27(46-33)16-21-14-24(35)30(25(15-21)38(41)42)44-17-20-10-12-22(34)13-11-20/h6-16,18,29H,5,17H2,1-4H3/b27-16-/t29-/m0/s1. The molecule has 1 aromatic heterocycles. The minimum absolute atomic E-state index is 0.0722. The lowest BCUT2D eigenvalue weighted by atomic mass is 9.95. The summed E-state index contributed by atoms with van der Waals surface area (Å²) in [5.41, 5.74) is 1.81. The van der Waals surface area contributed by atoms with Crippen molar-refractivity contribution in [1.82, 2.24) is 4.57 Å². The van der Waals surface area contributed by atoms with Crippen molar-refractivity contribution in [1.29, 1.82) is 0 Å². The van der Waals surface area contributed by atoms with Crippen LogP contribution in [0.1, 0.15) is 50.4 Å². The maximum atomic E-state index is 14.1. The molecule has 0 saturated heterocycles. The van der Waals surface area contributed by atoms with E-state index in [1.165, 1.54) is 10.6 Å².